The van der Waals surface area contributed by atoms with E-state index in [-0.39, 0.29) is 87.7 Å². The van der Waals surface area contributed by atoms with Gasteiger partial charge >= 0.3 is 12.1 Å². The van der Waals surface area contributed by atoms with Crippen LogP contribution in [0, 0.1) is 24.5 Å². The van der Waals surface area contributed by atoms with Crippen molar-refractivity contribution in [3.05, 3.63) is 132 Å². The molecule has 0 aliphatic carbocycles. The molecule has 0 spiro atoms. The van der Waals surface area contributed by atoms with E-state index in [0.29, 0.717) is 53.4 Å². The molecule has 6 rings (SSSR count). The predicted molar refractivity (Wildman–Crippen MR) is 265 cm³/mol. The Morgan fingerprint density at radius 2 is 1.53 bits per heavy atom. The third-order valence-corrected chi connectivity index (χ3v) is 11.8. The highest BCUT2D eigenvalue weighted by Crippen LogP contribution is 2.30. The molecule has 19 nitrogen and oxygen atoms in total. The number of nitrogens with zero attached hydrogens (tertiary/aromatic N) is 5. The van der Waals surface area contributed by atoms with Crippen LogP contribution in [0.25, 0.3) is 22.6 Å². The zero-order valence-corrected chi connectivity index (χ0v) is 40.8. The Labute approximate surface area is 420 Å². The Morgan fingerprint density at radius 1 is 0.836 bits per heavy atom. The van der Waals surface area contributed by atoms with Crippen molar-refractivity contribution in [3.63, 3.8) is 0 Å². The van der Waals surface area contributed by atoms with E-state index in [9.17, 15) is 42.3 Å². The fourth-order valence-electron chi connectivity index (χ4n) is 7.88. The maximum atomic E-state index is 14.8. The lowest BCUT2D eigenvalue weighted by Gasteiger charge is -2.25. The number of H-pyrrole nitrogens is 1. The van der Waals surface area contributed by atoms with E-state index in [1.165, 1.54) is 23.1 Å². The van der Waals surface area contributed by atoms with Crippen LogP contribution in [0.1, 0.15) is 75.0 Å². The minimum atomic E-state index is -1.10. The second kappa shape index (κ2) is 26.2. The smallest absolute Gasteiger partial charge is 0.410 e. The van der Waals surface area contributed by atoms with Gasteiger partial charge in [0.15, 0.2) is 0 Å². The second-order valence-corrected chi connectivity index (χ2v) is 17.7. The number of anilines is 1. The van der Waals surface area contributed by atoms with Gasteiger partial charge in [0.2, 0.25) is 17.7 Å². The molecule has 0 bridgehead atoms. The van der Waals surface area contributed by atoms with Crippen LogP contribution in [0.3, 0.4) is 0 Å². The van der Waals surface area contributed by atoms with Crippen LogP contribution in [-0.4, -0.2) is 103 Å². The van der Waals surface area contributed by atoms with E-state index in [2.05, 4.69) is 36.2 Å². The van der Waals surface area contributed by atoms with Gasteiger partial charge in [-0.2, -0.15) is 0 Å². The summed E-state index contributed by atoms with van der Waals surface area (Å²) in [5.74, 6) is -3.82. The quantitative estimate of drug-likeness (QED) is 0.0292. The van der Waals surface area contributed by atoms with E-state index < -0.39 is 47.7 Å². The molecule has 3 aromatic heterocycles. The molecule has 0 saturated heterocycles. The molecule has 0 radical (unpaired) electrons. The van der Waals surface area contributed by atoms with Crippen molar-refractivity contribution < 1.29 is 47.1 Å². The Bertz CT molecular complexity index is 2750. The Balaban J connectivity index is 1.09. The summed E-state index contributed by atoms with van der Waals surface area (Å²) in [5, 5.41) is 10.8. The number of carbonyl (C=O) groups is 7. The molecule has 2 aromatic carbocycles. The highest BCUT2D eigenvalue weighted by atomic mass is 19.1. The van der Waals surface area contributed by atoms with Gasteiger partial charge in [-0.05, 0) is 99.0 Å². The SMILES string of the molecule is Cc1cccc(-c2[nH]c(CN(CCc3c(F)cccc3F)C(=O)OCc3ccc(NC(=O)[C@H](CCCNC(N)=O)NC(=O)C(NC(=O)CCCCCN4C(=O)C=CC4=O)C(C)C)cc3)nc2-c2ccncc2)n1. The zero-order valence-electron chi connectivity index (χ0n) is 40.8. The zero-order chi connectivity index (χ0) is 52.4. The number of aromatic nitrogens is 4. The van der Waals surface area contributed by atoms with Crippen LogP contribution < -0.4 is 27.0 Å². The van der Waals surface area contributed by atoms with Crippen LogP contribution in [0.15, 0.2) is 97.3 Å². The largest absolute Gasteiger partial charge is 0.445 e. The van der Waals surface area contributed by atoms with Gasteiger partial charge in [0.25, 0.3) is 11.8 Å². The number of imidazole rings is 1. The molecule has 1 aliphatic heterocycles. The van der Waals surface area contributed by atoms with Gasteiger partial charge in [-0.1, -0.05) is 44.5 Å². The highest BCUT2D eigenvalue weighted by molar-refractivity contribution is 6.12. The monoisotopic (exact) mass is 1000 g/mol. The first-order valence-corrected chi connectivity index (χ1v) is 23.9. The van der Waals surface area contributed by atoms with Crippen molar-refractivity contribution >= 4 is 47.3 Å². The highest BCUT2D eigenvalue weighted by Gasteiger charge is 2.30. The van der Waals surface area contributed by atoms with Gasteiger partial charge < -0.3 is 41.6 Å². The number of hydrogen-bond acceptors (Lipinski definition) is 11. The normalized spacial score (nSPS) is 12.9. The number of nitrogens with two attached hydrogens (primary N) is 1. The summed E-state index contributed by atoms with van der Waals surface area (Å²) < 4.78 is 35.3. The van der Waals surface area contributed by atoms with E-state index in [1.807, 2.05) is 25.1 Å². The minimum Gasteiger partial charge on any atom is -0.445 e. The summed E-state index contributed by atoms with van der Waals surface area (Å²) in [7, 11) is 0. The maximum Gasteiger partial charge on any atom is 0.410 e. The fraction of sp³-hybridized carbons (Fsp3) is 0.346. The van der Waals surface area contributed by atoms with Gasteiger partial charge in [-0.15, -0.1) is 0 Å². The molecule has 1 aliphatic rings. The number of aromatic amines is 1. The minimum absolute atomic E-state index is 0.0927. The summed E-state index contributed by atoms with van der Waals surface area (Å²) in [5.41, 5.74) is 9.17. The van der Waals surface area contributed by atoms with Gasteiger partial charge in [0.05, 0.1) is 23.6 Å². The summed E-state index contributed by atoms with van der Waals surface area (Å²) >= 11 is 0. The van der Waals surface area contributed by atoms with Crippen molar-refractivity contribution in [2.75, 3.05) is 25.0 Å². The number of halogens is 2. The van der Waals surface area contributed by atoms with Crippen molar-refractivity contribution in [2.24, 2.45) is 11.7 Å². The summed E-state index contributed by atoms with van der Waals surface area (Å²) in [6.07, 6.45) is 6.70. The number of pyridine rings is 2. The molecule has 8 amide bonds. The van der Waals surface area contributed by atoms with Crippen LogP contribution in [-0.2, 0) is 48.3 Å². The Hall–Kier alpha value is -8.36. The van der Waals surface area contributed by atoms with Crippen LogP contribution >= 0.6 is 0 Å². The molecule has 21 heteroatoms. The molecule has 2 atom stereocenters. The molecule has 7 N–H and O–H groups in total. The first kappa shape index (κ1) is 54.0. The van der Waals surface area contributed by atoms with Crippen molar-refractivity contribution in [1.82, 2.24) is 45.7 Å². The van der Waals surface area contributed by atoms with Crippen molar-refractivity contribution in [1.29, 1.82) is 0 Å². The molecular weight excluding hydrogens is 945 g/mol. The second-order valence-electron chi connectivity index (χ2n) is 17.7. The standard InChI is InChI=1S/C52H59F2N11O8/c1-32(2)46(63-43(66)15-5-4-6-28-65-44(67)20-21-45(65)68)50(70)60-41(14-9-25-57-51(55)71)49(69)59-36-18-16-34(17-19-36)31-73-52(72)64(29-24-37-38(53)11-8-12-39(37)54)30-42-61-47(35-22-26-56-27-23-35)48(62-42)40-13-7-10-33(3)58-40/h7-8,10-13,16-23,26-27,32,41,46H,4-6,9,14-15,24-25,28-31H2,1-3H3,(H,59,69)(H,60,70)(H,61,62)(H,63,66)(H3,55,57,71)/t41-,46?/m0/s1. The average molecular weight is 1000 g/mol. The van der Waals surface area contributed by atoms with Gasteiger partial charge in [0.1, 0.15) is 36.1 Å². The van der Waals surface area contributed by atoms with E-state index in [0.717, 1.165) is 28.3 Å². The number of hydrogen-bond donors (Lipinski definition) is 6. The summed E-state index contributed by atoms with van der Waals surface area (Å²) in [6.45, 7) is 5.23. The van der Waals surface area contributed by atoms with Crippen LogP contribution in [0.4, 0.5) is 24.1 Å². The number of benzene rings is 2. The number of primary amides is 1. The maximum absolute atomic E-state index is 14.8. The fourth-order valence-corrected chi connectivity index (χ4v) is 7.88. The number of urea groups is 1. The average Bonchev–Trinajstić information content (AvgIpc) is 3.94. The van der Waals surface area contributed by atoms with Crippen molar-refractivity contribution in [2.45, 2.75) is 91.0 Å². The number of unbranched alkanes of at least 4 members (excludes halogenated alkanes) is 2. The molecule has 384 valence electrons. The topological polar surface area (TPSA) is 264 Å². The first-order valence-electron chi connectivity index (χ1n) is 23.9. The van der Waals surface area contributed by atoms with Crippen LogP contribution in [0.5, 0.6) is 0 Å². The number of ether oxygens (including phenoxy) is 1. The Kier molecular flexibility index (Phi) is 19.4. The van der Waals surface area contributed by atoms with Gasteiger partial charge in [0, 0.05) is 73.1 Å². The number of carbonyl (C=O) groups excluding carboxylic acids is 7. The molecule has 5 aromatic rings. The number of imide groups is 1. The third kappa shape index (κ3) is 15.8. The number of nitrogens with one attached hydrogen (secondary N) is 5. The molecule has 4 heterocycles. The number of aryl methyl sites for hydroxylation is 1. The predicted octanol–water partition coefficient (Wildman–Crippen LogP) is 6.00. The van der Waals surface area contributed by atoms with E-state index >= 15 is 0 Å². The van der Waals surface area contributed by atoms with E-state index in [1.54, 1.807) is 62.6 Å². The number of rotatable bonds is 25. The summed E-state index contributed by atoms with van der Waals surface area (Å²) in [4.78, 5) is 108. The van der Waals surface area contributed by atoms with Crippen LogP contribution in [0.2, 0.25) is 0 Å². The molecular formula is C52H59F2N11O8. The van der Waals surface area contributed by atoms with Gasteiger partial charge in [-0.25, -0.2) is 23.4 Å². The molecule has 0 saturated carbocycles. The lowest BCUT2D eigenvalue weighted by Crippen LogP contribution is -2.54. The molecule has 73 heavy (non-hydrogen) atoms. The van der Waals surface area contributed by atoms with Gasteiger partial charge in [-0.3, -0.25) is 38.8 Å². The summed E-state index contributed by atoms with van der Waals surface area (Å²) in [6, 6.07) is 16.2. The molecule has 0 fully saturated rings. The third-order valence-electron chi connectivity index (χ3n) is 11.8. The first-order chi connectivity index (χ1) is 35.1. The lowest BCUT2D eigenvalue weighted by molar-refractivity contribution is -0.137. The van der Waals surface area contributed by atoms with Crippen molar-refractivity contribution in [3.8, 4) is 22.6 Å². The van der Waals surface area contributed by atoms with E-state index in [4.69, 9.17) is 15.5 Å². The Morgan fingerprint density at radius 3 is 2.21 bits per heavy atom. The number of amides is 8. The lowest BCUT2D eigenvalue weighted by atomic mass is 10.0. The molecule has 1 unspecified atom stereocenters.